The molecule has 0 aromatic carbocycles. The third-order valence-electron chi connectivity index (χ3n) is 11.2. The normalized spacial score (nSPS) is 36.4. The number of hydrogen-bond donors (Lipinski definition) is 1. The van der Waals surface area contributed by atoms with E-state index in [0.29, 0.717) is 45.4 Å². The van der Waals surface area contributed by atoms with E-state index in [1.54, 1.807) is 0 Å². The number of halogens is 2. The average molecular weight is 619 g/mol. The third-order valence-corrected chi connectivity index (χ3v) is 12.2. The van der Waals surface area contributed by atoms with Crippen molar-refractivity contribution >= 4 is 39.4 Å². The van der Waals surface area contributed by atoms with E-state index in [9.17, 15) is 41.2 Å². The summed E-state index contributed by atoms with van der Waals surface area (Å²) in [5.41, 5.74) is -0.926. The number of Topliss-reactive ketones (excluding diaryl/α,β-unsaturated/α-hetero) is 3. The predicted molar refractivity (Wildman–Crippen MR) is 142 cm³/mol. The highest BCUT2D eigenvalue weighted by molar-refractivity contribution is 7.86. The van der Waals surface area contributed by atoms with Crippen molar-refractivity contribution in [3.63, 3.8) is 0 Å². The first-order valence-electron chi connectivity index (χ1n) is 14.6. The average Bonchev–Trinajstić information content (AvgIpc) is 3.25. The molecule has 42 heavy (non-hydrogen) atoms. The molecule has 0 radical (unpaired) electrons. The minimum Gasteiger partial charge on any atom is -0.454 e. The molecule has 0 aromatic heterocycles. The predicted octanol–water partition coefficient (Wildman–Crippen LogP) is 3.94. The largest absolute Gasteiger partial charge is 0.454 e. The third kappa shape index (κ3) is 5.55. The SMILES string of the molecule is CC(OC(=O)COC(=O)CC[C@@H](C)[C@H]1CC[C@H]2[C@@H]3C(=O)C[C@@H]4CC(=O)CC[C@]4(C)[C@H]3CC(=O)[C@]12C)C(F)(F)S(=O)(=O)O. The first kappa shape index (κ1) is 32.6. The summed E-state index contributed by atoms with van der Waals surface area (Å²) in [5, 5.41) is -4.73. The van der Waals surface area contributed by atoms with Crippen molar-refractivity contribution in [3.05, 3.63) is 0 Å². The Morgan fingerprint density at radius 3 is 2.36 bits per heavy atom. The number of ether oxygens (including phenoxy) is 2. The second kappa shape index (κ2) is 11.3. The van der Waals surface area contributed by atoms with Crippen LogP contribution in [-0.4, -0.2) is 60.2 Å². The van der Waals surface area contributed by atoms with E-state index >= 15 is 0 Å². The van der Waals surface area contributed by atoms with Crippen molar-refractivity contribution in [1.82, 2.24) is 0 Å². The summed E-state index contributed by atoms with van der Waals surface area (Å²) in [6.07, 6.45) is 1.46. The molecule has 0 aromatic rings. The Morgan fingerprint density at radius 1 is 1.05 bits per heavy atom. The maximum absolute atomic E-state index is 13.9. The van der Waals surface area contributed by atoms with Gasteiger partial charge in [-0.2, -0.15) is 17.2 Å². The number of alkyl halides is 2. The van der Waals surface area contributed by atoms with Gasteiger partial charge in [0.15, 0.2) is 12.7 Å². The van der Waals surface area contributed by atoms with Gasteiger partial charge in [0.2, 0.25) is 0 Å². The van der Waals surface area contributed by atoms with Crippen LogP contribution in [0.1, 0.15) is 85.5 Å². The van der Waals surface area contributed by atoms with E-state index in [4.69, 9.17) is 9.29 Å². The van der Waals surface area contributed by atoms with Crippen LogP contribution in [0.4, 0.5) is 8.78 Å². The summed E-state index contributed by atoms with van der Waals surface area (Å²) < 4.78 is 66.4. The fourth-order valence-corrected chi connectivity index (χ4v) is 9.13. The molecule has 1 N–H and O–H groups in total. The molecular formula is C29H40F2O10S. The van der Waals surface area contributed by atoms with Crippen LogP contribution >= 0.6 is 0 Å². The molecule has 0 amide bonds. The van der Waals surface area contributed by atoms with Crippen LogP contribution in [0.2, 0.25) is 0 Å². The van der Waals surface area contributed by atoms with Crippen LogP contribution < -0.4 is 0 Å². The molecule has 4 aliphatic rings. The Bertz CT molecular complexity index is 1260. The minimum absolute atomic E-state index is 0.00788. The van der Waals surface area contributed by atoms with Crippen molar-refractivity contribution in [1.29, 1.82) is 0 Å². The molecule has 1 unspecified atom stereocenters. The summed E-state index contributed by atoms with van der Waals surface area (Å²) >= 11 is 0. The lowest BCUT2D eigenvalue weighted by Crippen LogP contribution is -2.60. The lowest BCUT2D eigenvalue weighted by atomic mass is 9.44. The molecule has 236 valence electrons. The maximum Gasteiger partial charge on any atom is 0.405 e. The van der Waals surface area contributed by atoms with Gasteiger partial charge < -0.3 is 9.47 Å². The van der Waals surface area contributed by atoms with Gasteiger partial charge in [0.05, 0.1) is 0 Å². The fraction of sp³-hybridized carbons (Fsp3) is 0.828. The van der Waals surface area contributed by atoms with Crippen molar-refractivity contribution in [2.75, 3.05) is 6.61 Å². The molecule has 0 saturated heterocycles. The highest BCUT2D eigenvalue weighted by Crippen LogP contribution is 2.66. The quantitative estimate of drug-likeness (QED) is 0.296. The molecule has 4 fully saturated rings. The summed E-state index contributed by atoms with van der Waals surface area (Å²) in [4.78, 5) is 63.6. The van der Waals surface area contributed by atoms with Crippen molar-refractivity contribution < 1.29 is 55.2 Å². The first-order valence-corrected chi connectivity index (χ1v) is 16.1. The Labute approximate surface area is 244 Å². The van der Waals surface area contributed by atoms with Gasteiger partial charge in [-0.25, -0.2) is 4.79 Å². The van der Waals surface area contributed by atoms with Gasteiger partial charge in [-0.15, -0.1) is 0 Å². The lowest BCUT2D eigenvalue weighted by molar-refractivity contribution is -0.170. The zero-order chi connectivity index (χ0) is 31.4. The van der Waals surface area contributed by atoms with Crippen LogP contribution in [0.5, 0.6) is 0 Å². The van der Waals surface area contributed by atoms with Gasteiger partial charge in [-0.05, 0) is 67.6 Å². The molecule has 4 aliphatic carbocycles. The molecule has 0 aliphatic heterocycles. The summed E-state index contributed by atoms with van der Waals surface area (Å²) in [6, 6.07) is 0. The zero-order valence-electron chi connectivity index (χ0n) is 24.4. The number of rotatable bonds is 9. The molecule has 9 atom stereocenters. The van der Waals surface area contributed by atoms with Gasteiger partial charge in [0, 0.05) is 43.4 Å². The highest BCUT2D eigenvalue weighted by Gasteiger charge is 2.66. The van der Waals surface area contributed by atoms with E-state index in [2.05, 4.69) is 11.7 Å². The van der Waals surface area contributed by atoms with Crippen LogP contribution in [0.3, 0.4) is 0 Å². The van der Waals surface area contributed by atoms with Gasteiger partial charge in [-0.3, -0.25) is 23.7 Å². The number of ketones is 3. The molecule has 0 heterocycles. The molecular weight excluding hydrogens is 578 g/mol. The monoisotopic (exact) mass is 618 g/mol. The van der Waals surface area contributed by atoms with Crippen LogP contribution in [0.25, 0.3) is 0 Å². The topological polar surface area (TPSA) is 158 Å². The molecule has 0 spiro atoms. The smallest absolute Gasteiger partial charge is 0.405 e. The molecule has 0 bridgehead atoms. The number of carbonyl (C=O) groups is 5. The lowest BCUT2D eigenvalue weighted by Gasteiger charge is -2.58. The van der Waals surface area contributed by atoms with E-state index in [1.165, 1.54) is 0 Å². The Hall–Kier alpha value is -2.28. The second-order valence-corrected chi connectivity index (χ2v) is 14.8. The van der Waals surface area contributed by atoms with Crippen LogP contribution in [0.15, 0.2) is 0 Å². The highest BCUT2D eigenvalue weighted by atomic mass is 32.2. The van der Waals surface area contributed by atoms with Crippen LogP contribution in [0, 0.1) is 46.3 Å². The summed E-state index contributed by atoms with van der Waals surface area (Å²) in [6.45, 7) is 5.60. The van der Waals surface area contributed by atoms with E-state index in [1.807, 2.05) is 13.8 Å². The van der Waals surface area contributed by atoms with E-state index in [0.717, 1.165) is 12.8 Å². The van der Waals surface area contributed by atoms with Gasteiger partial charge in [-0.1, -0.05) is 20.8 Å². The van der Waals surface area contributed by atoms with Gasteiger partial charge >= 0.3 is 27.3 Å². The first-order chi connectivity index (χ1) is 19.3. The molecule has 4 rings (SSSR count). The van der Waals surface area contributed by atoms with Gasteiger partial charge in [0.1, 0.15) is 17.3 Å². The summed E-state index contributed by atoms with van der Waals surface area (Å²) in [5.74, 6) is -2.26. The van der Waals surface area contributed by atoms with Crippen molar-refractivity contribution in [2.45, 2.75) is 96.8 Å². The Balaban J connectivity index is 1.34. The van der Waals surface area contributed by atoms with Crippen molar-refractivity contribution in [3.8, 4) is 0 Å². The van der Waals surface area contributed by atoms with E-state index in [-0.39, 0.29) is 64.7 Å². The second-order valence-electron chi connectivity index (χ2n) is 13.3. The fourth-order valence-electron chi connectivity index (χ4n) is 8.66. The number of fused-ring (bicyclic) bond motifs is 5. The molecule has 4 saturated carbocycles. The Morgan fingerprint density at radius 2 is 1.71 bits per heavy atom. The minimum atomic E-state index is -5.82. The number of carbonyl (C=O) groups excluding carboxylic acids is 5. The summed E-state index contributed by atoms with van der Waals surface area (Å²) in [7, 11) is -5.82. The van der Waals surface area contributed by atoms with Crippen molar-refractivity contribution in [2.24, 2.45) is 46.3 Å². The van der Waals surface area contributed by atoms with Gasteiger partial charge in [0.25, 0.3) is 0 Å². The standard InChI is InChI=1S/C29H40F2O10S/c1-15(5-8-24(35)40-14-25(36)41-16(2)29(30,31)42(37,38)39)19-6-7-20-26-21(13-23(34)28(19,20)4)27(3)10-9-18(32)11-17(27)12-22(26)33/h15-17,19-21,26H,5-14H2,1-4H3,(H,37,38,39)/t15-,16?,17+,19-,20+,21+,26+,27+,28-/m1/s1. The zero-order valence-corrected chi connectivity index (χ0v) is 25.2. The number of hydrogen-bond acceptors (Lipinski definition) is 9. The molecule has 10 nitrogen and oxygen atoms in total. The number of esters is 2. The Kier molecular flexibility index (Phi) is 8.81. The maximum atomic E-state index is 13.9. The van der Waals surface area contributed by atoms with Crippen LogP contribution in [-0.2, 0) is 43.6 Å². The van der Waals surface area contributed by atoms with E-state index < -0.39 is 45.4 Å². The molecule has 13 heteroatoms.